The topological polar surface area (TPSA) is 35.6 Å². The molecule has 0 fully saturated rings. The van der Waals surface area contributed by atoms with Gasteiger partial charge in [0.15, 0.2) is 5.82 Å². The third kappa shape index (κ3) is 3.65. The molecule has 4 heteroatoms. The molecule has 8 aromatic carbocycles. The van der Waals surface area contributed by atoms with Gasteiger partial charge >= 0.3 is 0 Å². The van der Waals surface area contributed by atoms with E-state index in [1.54, 1.807) is 0 Å². The van der Waals surface area contributed by atoms with Crippen molar-refractivity contribution < 1.29 is 0 Å². The highest BCUT2D eigenvalue weighted by molar-refractivity contribution is 6.24. The smallest absolute Gasteiger partial charge is 0.165 e. The Morgan fingerprint density at radius 1 is 0.385 bits per heavy atom. The highest BCUT2D eigenvalue weighted by Crippen LogP contribution is 2.50. The van der Waals surface area contributed by atoms with Crippen LogP contribution >= 0.6 is 0 Å². The Labute approximate surface area is 298 Å². The molecule has 0 unspecified atom stereocenters. The predicted molar refractivity (Wildman–Crippen MR) is 216 cm³/mol. The van der Waals surface area contributed by atoms with Crippen molar-refractivity contribution in [2.45, 2.75) is 0 Å². The van der Waals surface area contributed by atoms with Gasteiger partial charge in [0.2, 0.25) is 0 Å². The van der Waals surface area contributed by atoms with Crippen LogP contribution in [0.5, 0.6) is 0 Å². The van der Waals surface area contributed by atoms with Crippen LogP contribution in [0.3, 0.4) is 0 Å². The first-order valence-electron chi connectivity index (χ1n) is 17.8. The fourth-order valence-corrected chi connectivity index (χ4v) is 8.83. The SMILES string of the molecule is c1ccc(-c2nc3ccccc3nc2-n2c3cc4c(cc3c3c5ccccc5ccc32)-c2cccc3c5ccccc5n(c23)-c2ccccc2-4)cc1. The quantitative estimate of drug-likeness (QED) is 0.185. The molecule has 1 aliphatic heterocycles. The fraction of sp³-hybridized carbons (Fsp3) is 0. The minimum absolute atomic E-state index is 0.821. The molecule has 12 rings (SSSR count). The van der Waals surface area contributed by atoms with Gasteiger partial charge in [-0.1, -0.05) is 127 Å². The largest absolute Gasteiger partial charge is 0.308 e. The van der Waals surface area contributed by atoms with Gasteiger partial charge in [0, 0.05) is 38.2 Å². The van der Waals surface area contributed by atoms with Crippen LogP contribution in [0.4, 0.5) is 0 Å². The summed E-state index contributed by atoms with van der Waals surface area (Å²) in [6.07, 6.45) is 0. The van der Waals surface area contributed by atoms with Crippen molar-refractivity contribution in [1.29, 1.82) is 0 Å². The van der Waals surface area contributed by atoms with Crippen LogP contribution in [0.15, 0.2) is 170 Å². The van der Waals surface area contributed by atoms with Crippen LogP contribution in [-0.2, 0) is 0 Å². The van der Waals surface area contributed by atoms with Gasteiger partial charge in [0.25, 0.3) is 0 Å². The zero-order valence-electron chi connectivity index (χ0n) is 28.0. The Morgan fingerprint density at radius 2 is 1.08 bits per heavy atom. The Bertz CT molecular complexity index is 3290. The van der Waals surface area contributed by atoms with Gasteiger partial charge in [0.05, 0.1) is 38.8 Å². The maximum atomic E-state index is 5.44. The third-order valence-corrected chi connectivity index (χ3v) is 11.0. The van der Waals surface area contributed by atoms with E-state index in [1.165, 1.54) is 71.3 Å². The van der Waals surface area contributed by atoms with Crippen molar-refractivity contribution in [2.75, 3.05) is 0 Å². The van der Waals surface area contributed by atoms with Crippen molar-refractivity contribution in [3.05, 3.63) is 170 Å². The highest BCUT2D eigenvalue weighted by Gasteiger charge is 2.27. The monoisotopic (exact) mass is 660 g/mol. The Morgan fingerprint density at radius 3 is 1.98 bits per heavy atom. The van der Waals surface area contributed by atoms with E-state index in [-0.39, 0.29) is 0 Å². The summed E-state index contributed by atoms with van der Waals surface area (Å²) in [5.74, 6) is 0.821. The molecule has 0 aliphatic carbocycles. The highest BCUT2D eigenvalue weighted by atomic mass is 15.1. The number of benzene rings is 8. The molecule has 0 bridgehead atoms. The first kappa shape index (κ1) is 27.7. The Kier molecular flexibility index (Phi) is 5.47. The Hall–Kier alpha value is -7.04. The maximum Gasteiger partial charge on any atom is 0.165 e. The average Bonchev–Trinajstić information content (AvgIpc) is 3.69. The van der Waals surface area contributed by atoms with Crippen LogP contribution < -0.4 is 0 Å². The first-order valence-corrected chi connectivity index (χ1v) is 17.8. The van der Waals surface area contributed by atoms with E-state index in [2.05, 4.69) is 161 Å². The van der Waals surface area contributed by atoms with Gasteiger partial charge < -0.3 is 4.57 Å². The summed E-state index contributed by atoms with van der Waals surface area (Å²) in [5.41, 5.74) is 14.4. The number of rotatable bonds is 2. The van der Waals surface area contributed by atoms with E-state index in [4.69, 9.17) is 9.97 Å². The van der Waals surface area contributed by atoms with Crippen molar-refractivity contribution >= 4 is 65.4 Å². The summed E-state index contributed by atoms with van der Waals surface area (Å²) in [6, 6.07) is 61.2. The standard InChI is InChI=1S/C48H28N4/c1-2-14-30(15-3-1)46-48(50-40-22-9-8-21-39(40)49-46)52-43-26-25-29-13-4-5-16-31(29)45(43)38-27-36-35-20-12-19-34-32-17-6-10-23-41(32)51(47(34)35)42-24-11-7-18-33(42)37(36)28-44(38)52/h1-28H. The molecule has 1 aliphatic rings. The molecule has 4 nitrogen and oxygen atoms in total. The number of fused-ring (bicyclic) bond motifs is 14. The summed E-state index contributed by atoms with van der Waals surface area (Å²) in [4.78, 5) is 10.7. The molecule has 3 aromatic heterocycles. The predicted octanol–water partition coefficient (Wildman–Crippen LogP) is 12.3. The van der Waals surface area contributed by atoms with Crippen molar-refractivity contribution in [1.82, 2.24) is 19.1 Å². The summed E-state index contributed by atoms with van der Waals surface area (Å²) in [5, 5.41) is 7.38. The van der Waals surface area contributed by atoms with Crippen molar-refractivity contribution in [3.8, 4) is 45.0 Å². The average molecular weight is 661 g/mol. The normalized spacial score (nSPS) is 12.2. The van der Waals surface area contributed by atoms with Crippen molar-refractivity contribution in [3.63, 3.8) is 0 Å². The zero-order valence-corrected chi connectivity index (χ0v) is 28.0. The molecule has 4 heterocycles. The lowest BCUT2D eigenvalue weighted by atomic mass is 9.91. The van der Waals surface area contributed by atoms with Crippen molar-refractivity contribution in [2.24, 2.45) is 0 Å². The second-order valence-electron chi connectivity index (χ2n) is 13.8. The lowest BCUT2D eigenvalue weighted by Gasteiger charge is -2.15. The lowest BCUT2D eigenvalue weighted by Crippen LogP contribution is -2.04. The van der Waals surface area contributed by atoms with E-state index < -0.39 is 0 Å². The van der Waals surface area contributed by atoms with Crippen LogP contribution in [0.25, 0.3) is 110 Å². The van der Waals surface area contributed by atoms with Gasteiger partial charge in [-0.05, 0) is 64.4 Å². The second-order valence-corrected chi connectivity index (χ2v) is 13.8. The van der Waals surface area contributed by atoms with E-state index in [1.807, 2.05) is 18.2 Å². The molecule has 0 saturated heterocycles. The summed E-state index contributed by atoms with van der Waals surface area (Å²) in [6.45, 7) is 0. The summed E-state index contributed by atoms with van der Waals surface area (Å²) >= 11 is 0. The molecule has 0 amide bonds. The molecular formula is C48H28N4. The second kappa shape index (κ2) is 10.3. The number of aromatic nitrogens is 4. The van der Waals surface area contributed by atoms with E-state index >= 15 is 0 Å². The van der Waals surface area contributed by atoms with E-state index in [0.29, 0.717) is 0 Å². The first-order chi connectivity index (χ1) is 25.8. The van der Waals surface area contributed by atoms with Gasteiger partial charge in [-0.3, -0.25) is 4.57 Å². The van der Waals surface area contributed by atoms with Gasteiger partial charge in [-0.2, -0.15) is 0 Å². The summed E-state index contributed by atoms with van der Waals surface area (Å²) < 4.78 is 4.84. The van der Waals surface area contributed by atoms with Gasteiger partial charge in [0.1, 0.15) is 5.69 Å². The minimum Gasteiger partial charge on any atom is -0.308 e. The van der Waals surface area contributed by atoms with Crippen LogP contribution in [0, 0.1) is 0 Å². The van der Waals surface area contributed by atoms with Gasteiger partial charge in [-0.25, -0.2) is 9.97 Å². The number of hydrogen-bond donors (Lipinski definition) is 0. The molecule has 0 N–H and O–H groups in total. The molecule has 52 heavy (non-hydrogen) atoms. The number of nitrogens with zero attached hydrogens (tertiary/aromatic N) is 4. The number of hydrogen-bond acceptors (Lipinski definition) is 2. The van der Waals surface area contributed by atoms with E-state index in [0.717, 1.165) is 39.1 Å². The molecule has 0 saturated carbocycles. The molecule has 0 spiro atoms. The molecule has 0 radical (unpaired) electrons. The van der Waals surface area contributed by atoms with Crippen LogP contribution in [0.2, 0.25) is 0 Å². The Balaban J connectivity index is 1.30. The minimum atomic E-state index is 0.821. The fourth-order valence-electron chi connectivity index (χ4n) is 8.83. The molecule has 0 atom stereocenters. The molecular weight excluding hydrogens is 633 g/mol. The van der Waals surface area contributed by atoms with Gasteiger partial charge in [-0.15, -0.1) is 0 Å². The number of para-hydroxylation sites is 5. The molecule has 11 aromatic rings. The maximum absolute atomic E-state index is 5.44. The third-order valence-electron chi connectivity index (χ3n) is 11.0. The zero-order chi connectivity index (χ0) is 33.9. The lowest BCUT2D eigenvalue weighted by molar-refractivity contribution is 1.08. The van der Waals surface area contributed by atoms with Crippen LogP contribution in [-0.4, -0.2) is 19.1 Å². The summed E-state index contributed by atoms with van der Waals surface area (Å²) in [7, 11) is 0. The van der Waals surface area contributed by atoms with E-state index in [9.17, 15) is 0 Å². The van der Waals surface area contributed by atoms with Crippen LogP contribution in [0.1, 0.15) is 0 Å². The molecule has 240 valence electrons.